The number of hydrogen-bond donors (Lipinski definition) is 2. The Morgan fingerprint density at radius 1 is 1.10 bits per heavy atom. The highest BCUT2D eigenvalue weighted by atomic mass is 16.5. The number of ether oxygens (including phenoxy) is 1. The van der Waals surface area contributed by atoms with E-state index in [4.69, 9.17) is 4.74 Å². The minimum Gasteiger partial charge on any atom is -0.444 e. The highest BCUT2D eigenvalue weighted by Gasteiger charge is 2.11. The number of anilines is 1. The van der Waals surface area contributed by atoms with Crippen molar-refractivity contribution < 1.29 is 9.53 Å². The predicted molar refractivity (Wildman–Crippen MR) is 117 cm³/mol. The molecule has 0 aliphatic heterocycles. The lowest BCUT2D eigenvalue weighted by atomic mass is 10.1. The van der Waals surface area contributed by atoms with E-state index in [1.807, 2.05) is 30.3 Å². The second-order valence-electron chi connectivity index (χ2n) is 6.85. The van der Waals surface area contributed by atoms with Crippen molar-refractivity contribution in [3.8, 4) is 16.9 Å². The highest BCUT2D eigenvalue weighted by Crippen LogP contribution is 2.14. The van der Waals surface area contributed by atoms with Crippen LogP contribution in [0.25, 0.3) is 16.9 Å². The molecule has 8 heteroatoms. The molecule has 0 atom stereocenters. The first-order valence-electron chi connectivity index (χ1n) is 9.83. The zero-order chi connectivity index (χ0) is 21.6. The molecule has 156 valence electrons. The summed E-state index contributed by atoms with van der Waals surface area (Å²) in [5, 5.41) is 5.60. The van der Waals surface area contributed by atoms with Crippen molar-refractivity contribution in [2.75, 3.05) is 5.32 Å². The maximum absolute atomic E-state index is 12.7. The number of hydrogen-bond acceptors (Lipinski definition) is 5. The quantitative estimate of drug-likeness (QED) is 0.497. The third-order valence-electron chi connectivity index (χ3n) is 4.76. The molecule has 0 saturated carbocycles. The van der Waals surface area contributed by atoms with Gasteiger partial charge in [-0.2, -0.15) is 0 Å². The van der Waals surface area contributed by atoms with Crippen molar-refractivity contribution >= 4 is 11.8 Å². The van der Waals surface area contributed by atoms with Crippen molar-refractivity contribution in [3.63, 3.8) is 0 Å². The van der Waals surface area contributed by atoms with Gasteiger partial charge in [0.05, 0.1) is 5.56 Å². The molecular formula is C23H21N5O3. The number of aryl methyl sites for hydroxylation is 1. The van der Waals surface area contributed by atoms with E-state index >= 15 is 0 Å². The van der Waals surface area contributed by atoms with E-state index in [0.29, 0.717) is 22.6 Å². The lowest BCUT2D eigenvalue weighted by Gasteiger charge is -2.08. The monoisotopic (exact) mass is 415 g/mol. The standard InChI is InChI=1S/C23H21N5O3/c1-2-16-5-8-19(9-6-16)27-23(30)31-15-17-7-10-21(25-12-17)28-22(29)20(14-26-28)18-4-3-11-24-13-18/h3-14,26H,2,15H2,1H3,(H,27,30). The summed E-state index contributed by atoms with van der Waals surface area (Å²) in [6.07, 6.45) is 6.86. The summed E-state index contributed by atoms with van der Waals surface area (Å²) in [6, 6.07) is 14.6. The number of amides is 1. The number of carbonyl (C=O) groups is 1. The van der Waals surface area contributed by atoms with Crippen LogP contribution in [0.2, 0.25) is 0 Å². The highest BCUT2D eigenvalue weighted by molar-refractivity contribution is 5.84. The molecule has 0 fully saturated rings. The average Bonchev–Trinajstić information content (AvgIpc) is 3.20. The van der Waals surface area contributed by atoms with E-state index in [-0.39, 0.29) is 12.2 Å². The molecule has 0 aliphatic rings. The topological polar surface area (TPSA) is 102 Å². The summed E-state index contributed by atoms with van der Waals surface area (Å²) in [6.45, 7) is 2.13. The molecule has 0 unspecified atom stereocenters. The zero-order valence-corrected chi connectivity index (χ0v) is 16.9. The smallest absolute Gasteiger partial charge is 0.411 e. The Kier molecular flexibility index (Phi) is 5.89. The van der Waals surface area contributed by atoms with Crippen molar-refractivity contribution in [2.24, 2.45) is 0 Å². The van der Waals surface area contributed by atoms with Crippen molar-refractivity contribution in [3.05, 3.63) is 94.8 Å². The number of pyridine rings is 2. The van der Waals surface area contributed by atoms with E-state index in [9.17, 15) is 9.59 Å². The van der Waals surface area contributed by atoms with Gasteiger partial charge >= 0.3 is 6.09 Å². The lowest BCUT2D eigenvalue weighted by molar-refractivity contribution is 0.155. The number of aromatic nitrogens is 4. The van der Waals surface area contributed by atoms with Crippen LogP contribution in [0.15, 0.2) is 78.1 Å². The Morgan fingerprint density at radius 3 is 2.58 bits per heavy atom. The largest absolute Gasteiger partial charge is 0.444 e. The number of nitrogens with zero attached hydrogens (tertiary/aromatic N) is 3. The molecule has 3 heterocycles. The van der Waals surface area contributed by atoms with Gasteiger partial charge in [-0.15, -0.1) is 0 Å². The molecule has 0 aliphatic carbocycles. The third kappa shape index (κ3) is 4.69. The van der Waals surface area contributed by atoms with Gasteiger partial charge in [-0.1, -0.05) is 31.2 Å². The Bertz CT molecular complexity index is 1210. The van der Waals surface area contributed by atoms with Crippen LogP contribution >= 0.6 is 0 Å². The molecule has 0 radical (unpaired) electrons. The van der Waals surface area contributed by atoms with Crippen LogP contribution in [0.3, 0.4) is 0 Å². The summed E-state index contributed by atoms with van der Waals surface area (Å²) in [7, 11) is 0. The van der Waals surface area contributed by atoms with E-state index in [1.165, 1.54) is 10.2 Å². The molecule has 1 aromatic carbocycles. The fourth-order valence-electron chi connectivity index (χ4n) is 3.03. The van der Waals surface area contributed by atoms with Gasteiger partial charge in [0.15, 0.2) is 5.82 Å². The first-order chi connectivity index (χ1) is 15.1. The molecule has 1 amide bonds. The Balaban J connectivity index is 1.38. The van der Waals surface area contributed by atoms with Crippen LogP contribution in [0.1, 0.15) is 18.1 Å². The molecule has 2 N–H and O–H groups in total. The van der Waals surface area contributed by atoms with Gasteiger partial charge in [-0.05, 0) is 36.2 Å². The summed E-state index contributed by atoms with van der Waals surface area (Å²) in [5.41, 5.74) is 3.57. The molecule has 0 saturated heterocycles. The maximum Gasteiger partial charge on any atom is 0.411 e. The van der Waals surface area contributed by atoms with Crippen LogP contribution in [0.4, 0.5) is 10.5 Å². The molecule has 31 heavy (non-hydrogen) atoms. The first kappa shape index (κ1) is 20.1. The van der Waals surface area contributed by atoms with Crippen LogP contribution in [0.5, 0.6) is 0 Å². The minimum absolute atomic E-state index is 0.0622. The number of benzene rings is 1. The van der Waals surface area contributed by atoms with Crippen molar-refractivity contribution in [1.29, 1.82) is 0 Å². The fourth-order valence-corrected chi connectivity index (χ4v) is 3.03. The normalized spacial score (nSPS) is 10.6. The Labute approximate surface area is 178 Å². The Morgan fingerprint density at radius 2 is 1.90 bits per heavy atom. The van der Waals surface area contributed by atoms with Crippen LogP contribution in [-0.4, -0.2) is 25.8 Å². The maximum atomic E-state index is 12.7. The van der Waals surface area contributed by atoms with Crippen molar-refractivity contribution in [1.82, 2.24) is 19.7 Å². The van der Waals surface area contributed by atoms with E-state index in [2.05, 4.69) is 27.3 Å². The van der Waals surface area contributed by atoms with Gasteiger partial charge in [0.25, 0.3) is 5.56 Å². The SMILES string of the molecule is CCc1ccc(NC(=O)OCc2ccc(-n3[nH]cc(-c4cccnc4)c3=O)nc2)cc1. The van der Waals surface area contributed by atoms with Gasteiger partial charge in [0.2, 0.25) is 0 Å². The summed E-state index contributed by atoms with van der Waals surface area (Å²) >= 11 is 0. The molecule has 4 aromatic rings. The second-order valence-corrected chi connectivity index (χ2v) is 6.85. The lowest BCUT2D eigenvalue weighted by Crippen LogP contribution is -2.17. The van der Waals surface area contributed by atoms with E-state index < -0.39 is 6.09 Å². The number of nitrogens with one attached hydrogen (secondary N) is 2. The molecular weight excluding hydrogens is 394 g/mol. The van der Waals surface area contributed by atoms with Gasteiger partial charge in [-0.3, -0.25) is 20.2 Å². The summed E-state index contributed by atoms with van der Waals surface area (Å²) in [5.74, 6) is 0.435. The van der Waals surface area contributed by atoms with Gasteiger partial charge in [0.1, 0.15) is 6.61 Å². The van der Waals surface area contributed by atoms with Crippen LogP contribution in [-0.2, 0) is 17.8 Å². The third-order valence-corrected chi connectivity index (χ3v) is 4.76. The first-order valence-corrected chi connectivity index (χ1v) is 9.83. The van der Waals surface area contributed by atoms with Gasteiger partial charge in [0, 0.05) is 41.6 Å². The number of carbonyl (C=O) groups excluding carboxylic acids is 1. The summed E-state index contributed by atoms with van der Waals surface area (Å²) < 4.78 is 6.59. The summed E-state index contributed by atoms with van der Waals surface area (Å²) in [4.78, 5) is 33.0. The Hall–Kier alpha value is -4.20. The van der Waals surface area contributed by atoms with Gasteiger partial charge in [-0.25, -0.2) is 14.5 Å². The second kappa shape index (κ2) is 9.08. The van der Waals surface area contributed by atoms with Crippen LogP contribution in [0, 0.1) is 0 Å². The number of rotatable bonds is 6. The average molecular weight is 415 g/mol. The fraction of sp³-hybridized carbons (Fsp3) is 0.130. The van der Waals surface area contributed by atoms with Crippen LogP contribution < -0.4 is 10.9 Å². The molecule has 0 bridgehead atoms. The number of aromatic amines is 1. The molecule has 4 rings (SSSR count). The van der Waals surface area contributed by atoms with E-state index in [1.54, 1.807) is 43.0 Å². The van der Waals surface area contributed by atoms with Gasteiger partial charge < -0.3 is 4.74 Å². The van der Waals surface area contributed by atoms with Crippen molar-refractivity contribution in [2.45, 2.75) is 20.0 Å². The molecule has 8 nitrogen and oxygen atoms in total. The van der Waals surface area contributed by atoms with E-state index in [0.717, 1.165) is 12.0 Å². The number of H-pyrrole nitrogens is 1. The zero-order valence-electron chi connectivity index (χ0n) is 16.9. The molecule has 0 spiro atoms. The minimum atomic E-state index is -0.546. The molecule has 3 aromatic heterocycles. The predicted octanol–water partition coefficient (Wildman–Crippen LogP) is 3.93.